The Labute approximate surface area is 143 Å². The number of carbonyl (C=O) groups excluding carboxylic acids is 3. The van der Waals surface area contributed by atoms with E-state index < -0.39 is 22.5 Å². The van der Waals surface area contributed by atoms with Crippen molar-refractivity contribution in [3.05, 3.63) is 11.3 Å². The van der Waals surface area contributed by atoms with Gasteiger partial charge in [-0.1, -0.05) is 19.6 Å². The fourth-order valence-corrected chi connectivity index (χ4v) is 6.56. The van der Waals surface area contributed by atoms with E-state index in [-0.39, 0.29) is 22.4 Å². The van der Waals surface area contributed by atoms with Gasteiger partial charge in [-0.25, -0.2) is 4.79 Å². The van der Waals surface area contributed by atoms with Gasteiger partial charge in [-0.15, -0.1) is 11.8 Å². The second kappa shape index (κ2) is 6.19. The summed E-state index contributed by atoms with van der Waals surface area (Å²) in [6.07, 6.45) is 1.08. The Bertz CT molecular complexity index is 580. The van der Waals surface area contributed by atoms with Crippen LogP contribution >= 0.6 is 11.8 Å². The van der Waals surface area contributed by atoms with Gasteiger partial charge in [-0.05, 0) is 19.6 Å². The van der Waals surface area contributed by atoms with E-state index in [2.05, 4.69) is 24.6 Å². The molecule has 1 unspecified atom stereocenters. The smallest absolute Gasteiger partial charge is 0.342 e. The summed E-state index contributed by atoms with van der Waals surface area (Å²) in [5, 5.41) is -0.359. The van der Waals surface area contributed by atoms with Gasteiger partial charge in [0.15, 0.2) is 6.29 Å². The van der Waals surface area contributed by atoms with Crippen LogP contribution in [0.4, 0.5) is 0 Å². The molecule has 0 spiro atoms. The van der Waals surface area contributed by atoms with Crippen LogP contribution in [0.1, 0.15) is 6.42 Å². The van der Waals surface area contributed by atoms with Crippen LogP contribution in [-0.2, 0) is 18.8 Å². The molecule has 1 amide bonds. The van der Waals surface area contributed by atoms with Crippen molar-refractivity contribution < 1.29 is 18.8 Å². The molecule has 2 atom stereocenters. The predicted molar refractivity (Wildman–Crippen MR) is 95.6 cm³/mol. The van der Waals surface area contributed by atoms with Gasteiger partial charge in [0, 0.05) is 5.57 Å². The largest absolute Gasteiger partial charge is 0.515 e. The number of hydrogen-bond acceptors (Lipinski definition) is 6. The van der Waals surface area contributed by atoms with E-state index >= 15 is 0 Å². The maximum Gasteiger partial charge on any atom is 0.342 e. The summed E-state index contributed by atoms with van der Waals surface area (Å²) in [5.74, 6) is -0.678. The number of nitrogens with zero attached hydrogens (tertiary/aromatic N) is 1. The maximum absolute atomic E-state index is 12.6. The van der Waals surface area contributed by atoms with Crippen LogP contribution in [0.5, 0.6) is 0 Å². The van der Waals surface area contributed by atoms with Gasteiger partial charge in [0.2, 0.25) is 14.2 Å². The number of rotatable bonds is 5. The molecule has 0 radical (unpaired) electrons. The van der Waals surface area contributed by atoms with Gasteiger partial charge in [0.05, 0.1) is 17.2 Å². The monoisotopic (exact) mass is 372 g/mol. The van der Waals surface area contributed by atoms with E-state index in [1.54, 1.807) is 0 Å². The molecular formula is C14H24N2O4SSi2. The third-order valence-corrected chi connectivity index (χ3v) is 6.78. The van der Waals surface area contributed by atoms with Gasteiger partial charge in [-0.2, -0.15) is 0 Å². The van der Waals surface area contributed by atoms with Crippen molar-refractivity contribution >= 4 is 46.5 Å². The summed E-state index contributed by atoms with van der Waals surface area (Å²) in [5.41, 5.74) is 0.461. The molecule has 23 heavy (non-hydrogen) atoms. The SMILES string of the molecule is C[Si](C)(C)NC1S[C@@H]2CC(=O)N2C(C(=O)O[Si](C)(C)C)=C1C=O. The molecule has 0 aromatic heterocycles. The molecule has 1 fully saturated rings. The Balaban J connectivity index is 2.42. The van der Waals surface area contributed by atoms with Crippen LogP contribution in [0.15, 0.2) is 11.3 Å². The molecule has 9 heteroatoms. The van der Waals surface area contributed by atoms with Crippen molar-refractivity contribution in [1.82, 2.24) is 9.88 Å². The fraction of sp³-hybridized carbons (Fsp3) is 0.643. The van der Waals surface area contributed by atoms with Crippen LogP contribution < -0.4 is 4.98 Å². The highest BCUT2D eigenvalue weighted by atomic mass is 32.2. The van der Waals surface area contributed by atoms with Crippen molar-refractivity contribution in [3.63, 3.8) is 0 Å². The summed E-state index contributed by atoms with van der Waals surface area (Å²) in [4.78, 5) is 41.2. The second-order valence-electron chi connectivity index (χ2n) is 7.76. The van der Waals surface area contributed by atoms with E-state index in [1.165, 1.54) is 16.7 Å². The fourth-order valence-electron chi connectivity index (χ4n) is 2.42. The van der Waals surface area contributed by atoms with Crippen molar-refractivity contribution in [3.8, 4) is 0 Å². The summed E-state index contributed by atoms with van der Waals surface area (Å²) < 4.78 is 5.55. The first kappa shape index (κ1) is 18.4. The first-order valence-electron chi connectivity index (χ1n) is 7.61. The van der Waals surface area contributed by atoms with E-state index in [0.717, 1.165) is 0 Å². The molecule has 1 N–H and O–H groups in total. The van der Waals surface area contributed by atoms with Gasteiger partial charge in [0.25, 0.3) is 0 Å². The molecule has 0 aromatic rings. The van der Waals surface area contributed by atoms with E-state index in [9.17, 15) is 14.4 Å². The molecule has 2 rings (SSSR count). The number of fused-ring (bicyclic) bond motifs is 1. The highest BCUT2D eigenvalue weighted by molar-refractivity contribution is 8.00. The number of aldehydes is 1. The van der Waals surface area contributed by atoms with E-state index in [4.69, 9.17) is 4.43 Å². The van der Waals surface area contributed by atoms with Crippen LogP contribution in [0.3, 0.4) is 0 Å². The summed E-state index contributed by atoms with van der Waals surface area (Å²) in [7, 11) is -3.79. The Morgan fingerprint density at radius 3 is 2.35 bits per heavy atom. The molecule has 2 aliphatic rings. The lowest BCUT2D eigenvalue weighted by Crippen LogP contribution is -2.59. The van der Waals surface area contributed by atoms with Crippen LogP contribution in [0, 0.1) is 0 Å². The minimum absolute atomic E-state index is 0.0933. The first-order valence-corrected chi connectivity index (χ1v) is 15.5. The zero-order chi connectivity index (χ0) is 17.6. The van der Waals surface area contributed by atoms with E-state index in [0.29, 0.717) is 18.3 Å². The standard InChI is InChI=1S/C14H24N2O4SSi2/c1-22(2,3)15-13-9(8-17)12(14(19)20-23(4,5)6)16-10(18)7-11(16)21-13/h8,11,13,15H,7H2,1-6H3/t11-,13?/m1/s1. The number of amides is 1. The molecular weight excluding hydrogens is 348 g/mol. The van der Waals surface area contributed by atoms with Crippen molar-refractivity contribution in [2.45, 2.75) is 56.5 Å². The number of thioether (sulfide) groups is 1. The van der Waals surface area contributed by atoms with Crippen LogP contribution in [0.25, 0.3) is 0 Å². The average molecular weight is 373 g/mol. The highest BCUT2D eigenvalue weighted by Crippen LogP contribution is 2.43. The molecule has 0 saturated carbocycles. The Hall–Kier alpha value is -0.906. The van der Waals surface area contributed by atoms with Crippen molar-refractivity contribution in [1.29, 1.82) is 0 Å². The van der Waals surface area contributed by atoms with Crippen LogP contribution in [0.2, 0.25) is 39.3 Å². The first-order chi connectivity index (χ1) is 10.4. The molecule has 0 aliphatic carbocycles. The van der Waals surface area contributed by atoms with Crippen LogP contribution in [-0.4, -0.2) is 50.4 Å². The number of nitrogens with one attached hydrogen (secondary N) is 1. The third-order valence-electron chi connectivity index (χ3n) is 3.28. The third kappa shape index (κ3) is 4.14. The van der Waals surface area contributed by atoms with Crippen molar-refractivity contribution in [2.24, 2.45) is 0 Å². The normalized spacial score (nSPS) is 25.0. The average Bonchev–Trinajstić information content (AvgIpc) is 2.33. The zero-order valence-corrected chi connectivity index (χ0v) is 17.2. The quantitative estimate of drug-likeness (QED) is 0.451. The molecule has 0 aromatic carbocycles. The summed E-state index contributed by atoms with van der Waals surface area (Å²) in [6, 6.07) is 0. The molecule has 6 nitrogen and oxygen atoms in total. The van der Waals surface area contributed by atoms with Gasteiger partial charge < -0.3 is 9.41 Å². The lowest BCUT2D eigenvalue weighted by molar-refractivity contribution is -0.145. The lowest BCUT2D eigenvalue weighted by Gasteiger charge is -2.47. The van der Waals surface area contributed by atoms with Gasteiger partial charge >= 0.3 is 5.97 Å². The molecule has 1 saturated heterocycles. The molecule has 2 heterocycles. The minimum Gasteiger partial charge on any atom is -0.515 e. The second-order valence-corrected chi connectivity index (χ2v) is 18.3. The summed E-state index contributed by atoms with van der Waals surface area (Å²) >= 11 is 1.53. The van der Waals surface area contributed by atoms with Gasteiger partial charge in [-0.3, -0.25) is 14.5 Å². The van der Waals surface area contributed by atoms with Crippen molar-refractivity contribution in [2.75, 3.05) is 0 Å². The van der Waals surface area contributed by atoms with E-state index in [1.807, 2.05) is 19.6 Å². The highest BCUT2D eigenvalue weighted by Gasteiger charge is 2.49. The van der Waals surface area contributed by atoms with Gasteiger partial charge in [0.1, 0.15) is 13.9 Å². The Kier molecular flexibility index (Phi) is 4.96. The number of hydrogen-bond donors (Lipinski definition) is 1. The number of β-lactam (4-membered cyclic amide) rings is 1. The zero-order valence-electron chi connectivity index (χ0n) is 14.4. The minimum atomic E-state index is -2.12. The lowest BCUT2D eigenvalue weighted by atomic mass is 10.1. The Morgan fingerprint density at radius 1 is 1.30 bits per heavy atom. The molecule has 2 aliphatic heterocycles. The Morgan fingerprint density at radius 2 is 1.91 bits per heavy atom. The summed E-state index contributed by atoms with van der Waals surface area (Å²) in [6.45, 7) is 12.1. The number of carbonyl (C=O) groups is 3. The maximum atomic E-state index is 12.6. The topological polar surface area (TPSA) is 75.7 Å². The molecule has 128 valence electrons. The molecule has 0 bridgehead atoms. The predicted octanol–water partition coefficient (Wildman–Crippen LogP) is 1.87.